The molecule has 8 nitrogen and oxygen atoms in total. The van der Waals surface area contributed by atoms with Crippen molar-refractivity contribution < 1.29 is 68.7 Å². The van der Waals surface area contributed by atoms with Crippen LogP contribution < -0.4 is 46.7 Å². The molecular formula is C125H106Ir3N6O2SSi5-6. The van der Waals surface area contributed by atoms with Crippen molar-refractivity contribution in [1.82, 2.24) is 29.9 Å². The molecule has 142 heavy (non-hydrogen) atoms. The third-order valence-corrected chi connectivity index (χ3v) is 42.0. The third kappa shape index (κ3) is 22.4. The molecule has 0 N–H and O–H groups in total. The minimum absolute atomic E-state index is 0. The molecule has 3 aliphatic rings. The smallest absolute Gasteiger partial charge is 0.173 e. The van der Waals surface area contributed by atoms with Gasteiger partial charge in [-0.05, 0) is 134 Å². The van der Waals surface area contributed by atoms with E-state index in [0.717, 1.165) is 84.2 Å². The molecule has 0 aliphatic carbocycles. The van der Waals surface area contributed by atoms with Gasteiger partial charge in [0.25, 0.3) is 0 Å². The van der Waals surface area contributed by atoms with Gasteiger partial charge >= 0.3 is 0 Å². The molecule has 0 spiro atoms. The van der Waals surface area contributed by atoms with Gasteiger partial charge in [-0.2, -0.15) is 0 Å². The minimum atomic E-state index is -3.49. The molecule has 0 bridgehead atoms. The van der Waals surface area contributed by atoms with Crippen molar-refractivity contribution in [2.45, 2.75) is 81.8 Å². The molecule has 0 atom stereocenters. The Labute approximate surface area is 883 Å². The Morgan fingerprint density at radius 3 is 0.915 bits per heavy atom. The van der Waals surface area contributed by atoms with Crippen LogP contribution in [-0.4, -0.2) is 78.7 Å². The summed E-state index contributed by atoms with van der Waals surface area (Å²) < 4.78 is 25.8. The first-order valence-electron chi connectivity index (χ1n) is 47.1. The van der Waals surface area contributed by atoms with Gasteiger partial charge in [0.1, 0.15) is 8.07 Å². The molecular weight excluding hydrogens is 2370 g/mol. The first-order chi connectivity index (χ1) is 67.4. The van der Waals surface area contributed by atoms with E-state index in [1.807, 2.05) is 170 Å². The van der Waals surface area contributed by atoms with Crippen LogP contribution in [0.3, 0.4) is 0 Å². The summed E-state index contributed by atoms with van der Waals surface area (Å²) in [5, 5.41) is 12.8. The van der Waals surface area contributed by atoms with Gasteiger partial charge < -0.3 is 29.9 Å². The van der Waals surface area contributed by atoms with Gasteiger partial charge in [-0.15, -0.1) is 189 Å². The fourth-order valence-electron chi connectivity index (χ4n) is 18.8. The standard InChI is InChI=1S/C38H32NSi2.C28H28NSi2.C26H22NO2SSi.3C11H8N.3Ir/c1-40(2,3)38-27-39-35(26-33(38)28-15-7-4-8-16-28)29-23-24-37-34(25-29)32-21-13-14-22-36(32)41(37,30-17-9-5-10-18-30)31-19-11-6-12-20-31;1-30(2,3)28-19-29-25(18-23(28)20-11-7-6-8-12-20)21-15-16-27-24(17-21)22-13-9-10-14-26(22)31(27,4)5;1-31(2,3)26-17-27-23(16-21(26)18-9-5-4-6-10-18)19-13-14-25-22(15-19)20-11-7-8-12-24(20)30(25,28)29;3*1-2-6-10(7-3-1)11-8-4-5-9-12-11;;;/h4-22,24-27H,1-3H3;6-14,16-19H,1-5H3;4-12,14-17H,1-3H3;3*1-6,8-9H;;;/q6*-1;;;. The molecule has 0 saturated heterocycles. The number of rotatable bonds is 14. The van der Waals surface area contributed by atoms with Crippen molar-refractivity contribution >= 4 is 96.9 Å². The summed E-state index contributed by atoms with van der Waals surface area (Å²) in [6.45, 7) is 26.2. The van der Waals surface area contributed by atoms with E-state index in [1.165, 1.54) is 96.8 Å². The van der Waals surface area contributed by atoms with Gasteiger partial charge in [-0.25, -0.2) is 8.42 Å². The number of pyridine rings is 6. The third-order valence-electron chi connectivity index (χ3n) is 25.7. The van der Waals surface area contributed by atoms with E-state index >= 15 is 0 Å². The number of aromatic nitrogens is 6. The van der Waals surface area contributed by atoms with Crippen LogP contribution >= 0.6 is 0 Å². The second-order valence-corrected chi connectivity index (χ2v) is 63.4. The van der Waals surface area contributed by atoms with Crippen LogP contribution in [0, 0.1) is 36.4 Å². The van der Waals surface area contributed by atoms with Crippen molar-refractivity contribution in [3.8, 4) is 134 Å². The second-order valence-electron chi connectivity index (χ2n) is 38.3. The van der Waals surface area contributed by atoms with Crippen molar-refractivity contribution in [3.05, 3.63) is 480 Å². The predicted molar refractivity (Wildman–Crippen MR) is 592 cm³/mol. The van der Waals surface area contributed by atoms with E-state index in [2.05, 4.69) is 360 Å². The Kier molecular flexibility index (Phi) is 33.1. The van der Waals surface area contributed by atoms with Crippen molar-refractivity contribution in [2.75, 3.05) is 0 Å². The molecule has 23 rings (SSSR count). The van der Waals surface area contributed by atoms with Crippen LogP contribution in [0.1, 0.15) is 0 Å². The summed E-state index contributed by atoms with van der Waals surface area (Å²) in [7, 11) is -12.4. The number of benzene rings is 14. The topological polar surface area (TPSA) is 111 Å². The maximum absolute atomic E-state index is 12.9. The Hall–Kier alpha value is -13.0. The number of hydrogen-bond donors (Lipinski definition) is 0. The van der Waals surface area contributed by atoms with E-state index in [-0.39, 0.29) is 60.3 Å². The van der Waals surface area contributed by atoms with Crippen molar-refractivity contribution in [1.29, 1.82) is 0 Å². The summed E-state index contributed by atoms with van der Waals surface area (Å²) in [6.07, 6.45) is 11.6. The molecule has 6 aromatic heterocycles. The summed E-state index contributed by atoms with van der Waals surface area (Å²) in [4.78, 5) is 28.1. The number of nitrogens with zero attached hydrogens (tertiary/aromatic N) is 6. The minimum Gasteiger partial charge on any atom is -0.305 e. The van der Waals surface area contributed by atoms with Gasteiger partial charge in [-0.3, -0.25) is 0 Å². The molecule has 707 valence electrons. The van der Waals surface area contributed by atoms with Gasteiger partial charge in [0.15, 0.2) is 9.84 Å². The molecule has 3 radical (unpaired) electrons. The second kappa shape index (κ2) is 45.5. The van der Waals surface area contributed by atoms with Crippen LogP contribution in [-0.2, 0) is 70.2 Å². The summed E-state index contributed by atoms with van der Waals surface area (Å²) in [6, 6.07) is 160. The Morgan fingerprint density at radius 1 is 0.239 bits per heavy atom. The molecule has 9 heterocycles. The summed E-state index contributed by atoms with van der Waals surface area (Å²) in [5.74, 6) is 0. The SMILES string of the molecule is C[Si](C)(C)c1cnc(-c2[c-]cc3c(c2)-c2ccccc2S3(=O)=O)cc1-c1ccccc1.C[Si](C)(C)c1cnc(-c2[c-]cc3c(c2)-c2ccccc2[Si]3(C)C)cc1-c1ccccc1.C[Si](C)(C)c1cnc(-c2[c-]cc3c(c2)-c2ccccc2[Si]3(c2ccccc2)c2ccccc2)cc1-c1ccccc1.[Ir].[Ir].[Ir].[c-]1ccccc1-c1ccccn1.[c-]1ccccc1-c1ccccn1.[c-]1ccccc1-c1ccccn1. The zero-order valence-corrected chi connectivity index (χ0v) is 94.1. The average molecular weight is 2470 g/mol. The van der Waals surface area contributed by atoms with E-state index in [9.17, 15) is 8.42 Å². The fourth-order valence-corrected chi connectivity index (χ4v) is 33.0. The molecule has 3 aliphatic heterocycles. The maximum atomic E-state index is 12.9. The fraction of sp³-hybridized carbons (Fsp3) is 0.0880. The van der Waals surface area contributed by atoms with Crippen LogP contribution in [0.4, 0.5) is 0 Å². The van der Waals surface area contributed by atoms with Crippen molar-refractivity contribution in [3.63, 3.8) is 0 Å². The molecule has 0 saturated carbocycles. The number of hydrogen-bond acceptors (Lipinski definition) is 8. The molecule has 17 heteroatoms. The largest absolute Gasteiger partial charge is 0.305 e. The molecule has 14 aromatic carbocycles. The quantitative estimate of drug-likeness (QED) is 0.0782. The summed E-state index contributed by atoms with van der Waals surface area (Å²) >= 11 is 0. The van der Waals surface area contributed by atoms with Gasteiger partial charge in [-0.1, -0.05) is 377 Å². The zero-order valence-electron chi connectivity index (χ0n) is 81.1. The Bertz CT molecular complexity index is 7490. The zero-order chi connectivity index (χ0) is 96.3. The molecule has 0 amide bonds. The molecule has 0 fully saturated rings. The van der Waals surface area contributed by atoms with E-state index < -0.39 is 50.2 Å². The first kappa shape index (κ1) is 103. The monoisotopic (exact) mass is 2470 g/mol. The predicted octanol–water partition coefficient (Wildman–Crippen LogP) is 24.9. The molecule has 20 aromatic rings. The number of sulfone groups is 1. The van der Waals surface area contributed by atoms with Gasteiger partial charge in [0, 0.05) is 97.5 Å². The normalized spacial score (nSPS) is 12.5. The van der Waals surface area contributed by atoms with Gasteiger partial charge in [0.2, 0.25) is 0 Å². The van der Waals surface area contributed by atoms with E-state index in [4.69, 9.17) is 15.0 Å². The summed E-state index contributed by atoms with van der Waals surface area (Å²) in [5.41, 5.74) is 26.1. The van der Waals surface area contributed by atoms with Crippen LogP contribution in [0.15, 0.2) is 453 Å². The van der Waals surface area contributed by atoms with E-state index in [0.29, 0.717) is 9.79 Å². The maximum Gasteiger partial charge on any atom is 0.173 e. The first-order valence-corrected chi connectivity index (χ1v) is 64.1. The number of fused-ring (bicyclic) bond motifs is 9. The van der Waals surface area contributed by atoms with E-state index in [1.54, 1.807) is 36.8 Å². The molecule has 0 unspecified atom stereocenters. The Balaban J connectivity index is 0.000000136. The average Bonchev–Trinajstić information content (AvgIpc) is 1.53. The van der Waals surface area contributed by atoms with Crippen LogP contribution in [0.5, 0.6) is 0 Å². The van der Waals surface area contributed by atoms with Gasteiger partial charge in [0.05, 0.1) is 37.2 Å². The Morgan fingerprint density at radius 2 is 0.549 bits per heavy atom. The van der Waals surface area contributed by atoms with Crippen LogP contribution in [0.25, 0.3) is 134 Å². The van der Waals surface area contributed by atoms with Crippen molar-refractivity contribution in [2.24, 2.45) is 0 Å². The van der Waals surface area contributed by atoms with Crippen LogP contribution in [0.2, 0.25) is 72.0 Å².